The first-order valence-corrected chi connectivity index (χ1v) is 9.17. The van der Waals surface area contributed by atoms with Crippen molar-refractivity contribution in [3.8, 4) is 11.3 Å². The second kappa shape index (κ2) is 9.15. The normalized spacial score (nSPS) is 10.3. The van der Waals surface area contributed by atoms with Crippen LogP contribution in [0.15, 0.2) is 60.7 Å². The predicted molar refractivity (Wildman–Crippen MR) is 111 cm³/mol. The van der Waals surface area contributed by atoms with E-state index in [0.29, 0.717) is 11.4 Å². The van der Waals surface area contributed by atoms with Gasteiger partial charge in [0.1, 0.15) is 5.69 Å². The third kappa shape index (κ3) is 4.98. The second-order valence-corrected chi connectivity index (χ2v) is 6.67. The molecule has 0 aliphatic heterocycles. The summed E-state index contributed by atoms with van der Waals surface area (Å²) in [6, 6.07) is 16.6. The maximum absolute atomic E-state index is 12.3. The Kier molecular flexibility index (Phi) is 6.38. The Morgan fingerprint density at radius 3 is 2.53 bits per heavy atom. The smallest absolute Gasteiger partial charge is 0.340 e. The number of carbonyl (C=O) groups excluding carboxylic acids is 2. The molecule has 1 heterocycles. The van der Waals surface area contributed by atoms with Crippen LogP contribution in [0.2, 0.25) is 5.02 Å². The van der Waals surface area contributed by atoms with Gasteiger partial charge in [0.05, 0.1) is 21.9 Å². The molecule has 1 N–H and O–H groups in total. The number of ether oxygens (including phenoxy) is 1. The summed E-state index contributed by atoms with van der Waals surface area (Å²) in [6.45, 7) is 1.05. The summed E-state index contributed by atoms with van der Waals surface area (Å²) < 4.78 is 5.03. The minimum absolute atomic E-state index is 0.0458. The van der Waals surface area contributed by atoms with Gasteiger partial charge in [0.2, 0.25) is 0 Å². The molecular weight excluding hydrogens is 410 g/mol. The van der Waals surface area contributed by atoms with E-state index in [1.54, 1.807) is 19.1 Å². The van der Waals surface area contributed by atoms with E-state index in [9.17, 15) is 19.7 Å². The fourth-order valence-corrected chi connectivity index (χ4v) is 2.87. The maximum atomic E-state index is 12.3. The van der Waals surface area contributed by atoms with Gasteiger partial charge in [0.15, 0.2) is 6.61 Å². The number of anilines is 1. The number of amides is 1. The number of nitrogens with one attached hydrogen (secondary N) is 1. The van der Waals surface area contributed by atoms with Crippen molar-refractivity contribution in [2.75, 3.05) is 11.9 Å². The number of esters is 1. The van der Waals surface area contributed by atoms with Crippen LogP contribution in [-0.2, 0) is 9.53 Å². The van der Waals surface area contributed by atoms with Crippen molar-refractivity contribution in [3.05, 3.63) is 87.1 Å². The second-order valence-electron chi connectivity index (χ2n) is 6.24. The summed E-state index contributed by atoms with van der Waals surface area (Å²) in [4.78, 5) is 39.2. The van der Waals surface area contributed by atoms with Crippen molar-refractivity contribution in [1.82, 2.24) is 4.98 Å². The Morgan fingerprint density at radius 1 is 1.13 bits per heavy atom. The Balaban J connectivity index is 1.65. The first-order valence-electron chi connectivity index (χ1n) is 8.79. The topological polar surface area (TPSA) is 111 Å². The first kappa shape index (κ1) is 20.9. The molecule has 9 heteroatoms. The molecular formula is C21H16ClN3O5. The Morgan fingerprint density at radius 2 is 1.87 bits per heavy atom. The molecule has 0 saturated heterocycles. The van der Waals surface area contributed by atoms with E-state index in [2.05, 4.69) is 10.3 Å². The highest BCUT2D eigenvalue weighted by Crippen LogP contribution is 2.27. The van der Waals surface area contributed by atoms with Crippen LogP contribution >= 0.6 is 11.6 Å². The van der Waals surface area contributed by atoms with Crippen LogP contribution in [0.5, 0.6) is 0 Å². The molecule has 0 saturated carbocycles. The van der Waals surface area contributed by atoms with Gasteiger partial charge in [-0.05, 0) is 31.2 Å². The number of aryl methyl sites for hydroxylation is 1. The molecule has 8 nitrogen and oxygen atoms in total. The summed E-state index contributed by atoms with van der Waals surface area (Å²) in [5.74, 6) is -1.44. The van der Waals surface area contributed by atoms with Gasteiger partial charge in [-0.1, -0.05) is 41.9 Å². The number of carbonyl (C=O) groups is 2. The van der Waals surface area contributed by atoms with Crippen molar-refractivity contribution < 1.29 is 19.2 Å². The van der Waals surface area contributed by atoms with Crippen LogP contribution in [0.3, 0.4) is 0 Å². The zero-order valence-electron chi connectivity index (χ0n) is 15.8. The van der Waals surface area contributed by atoms with E-state index in [-0.39, 0.29) is 22.0 Å². The molecule has 0 unspecified atom stereocenters. The van der Waals surface area contributed by atoms with Gasteiger partial charge in [-0.15, -0.1) is 0 Å². The number of pyridine rings is 1. The summed E-state index contributed by atoms with van der Waals surface area (Å²) in [5, 5.41) is 13.6. The van der Waals surface area contributed by atoms with Crippen LogP contribution in [-0.4, -0.2) is 28.4 Å². The largest absolute Gasteiger partial charge is 0.452 e. The van der Waals surface area contributed by atoms with Crippen molar-refractivity contribution in [2.24, 2.45) is 0 Å². The molecule has 2 aromatic carbocycles. The zero-order valence-corrected chi connectivity index (χ0v) is 16.6. The highest BCUT2D eigenvalue weighted by atomic mass is 35.5. The number of nitrogens with zero attached hydrogens (tertiary/aromatic N) is 2. The monoisotopic (exact) mass is 425 g/mol. The lowest BCUT2D eigenvalue weighted by atomic mass is 10.1. The molecule has 1 amide bonds. The van der Waals surface area contributed by atoms with Gasteiger partial charge in [-0.25, -0.2) is 4.79 Å². The third-order valence-electron chi connectivity index (χ3n) is 4.14. The van der Waals surface area contributed by atoms with Crippen molar-refractivity contribution in [1.29, 1.82) is 0 Å². The standard InChI is InChI=1S/C21H16ClN3O5/c1-13-16(8-10-17(23-13)14-5-3-2-4-6-14)21(27)30-12-20(26)24-18-9-7-15(22)11-19(18)25(28)29/h2-11H,12H2,1H3,(H,24,26). The number of hydrogen-bond donors (Lipinski definition) is 1. The number of aromatic nitrogens is 1. The van der Waals surface area contributed by atoms with Crippen molar-refractivity contribution in [3.63, 3.8) is 0 Å². The zero-order chi connectivity index (χ0) is 21.7. The van der Waals surface area contributed by atoms with E-state index >= 15 is 0 Å². The molecule has 0 aliphatic carbocycles. The van der Waals surface area contributed by atoms with E-state index in [1.165, 1.54) is 12.1 Å². The molecule has 152 valence electrons. The highest BCUT2D eigenvalue weighted by molar-refractivity contribution is 6.31. The van der Waals surface area contributed by atoms with Gasteiger partial charge < -0.3 is 10.1 Å². The molecule has 0 bridgehead atoms. The number of nitro groups is 1. The Labute approximate surface area is 176 Å². The quantitative estimate of drug-likeness (QED) is 0.355. The number of rotatable bonds is 6. The number of hydrogen-bond acceptors (Lipinski definition) is 6. The van der Waals surface area contributed by atoms with Gasteiger partial charge in [0.25, 0.3) is 11.6 Å². The average molecular weight is 426 g/mol. The molecule has 30 heavy (non-hydrogen) atoms. The minimum Gasteiger partial charge on any atom is -0.452 e. The summed E-state index contributed by atoms with van der Waals surface area (Å²) in [5.41, 5.74) is 1.88. The summed E-state index contributed by atoms with van der Waals surface area (Å²) in [7, 11) is 0. The molecule has 0 fully saturated rings. The lowest BCUT2D eigenvalue weighted by Crippen LogP contribution is -2.22. The minimum atomic E-state index is -0.722. The maximum Gasteiger partial charge on any atom is 0.340 e. The van der Waals surface area contributed by atoms with E-state index in [0.717, 1.165) is 11.6 Å². The van der Waals surface area contributed by atoms with E-state index < -0.39 is 23.4 Å². The molecule has 3 aromatic rings. The Hall–Kier alpha value is -3.78. The van der Waals surface area contributed by atoms with Crippen LogP contribution in [0.4, 0.5) is 11.4 Å². The average Bonchev–Trinajstić information content (AvgIpc) is 2.73. The predicted octanol–water partition coefficient (Wildman–Crippen LogP) is 4.41. The molecule has 1 aromatic heterocycles. The van der Waals surface area contributed by atoms with Crippen LogP contribution in [0, 0.1) is 17.0 Å². The van der Waals surface area contributed by atoms with Crippen LogP contribution < -0.4 is 5.32 Å². The summed E-state index contributed by atoms with van der Waals surface area (Å²) >= 11 is 5.74. The third-order valence-corrected chi connectivity index (χ3v) is 4.38. The number of nitro benzene ring substituents is 1. The van der Waals surface area contributed by atoms with Crippen LogP contribution in [0.25, 0.3) is 11.3 Å². The van der Waals surface area contributed by atoms with E-state index in [4.69, 9.17) is 16.3 Å². The first-order chi connectivity index (χ1) is 14.3. The van der Waals surface area contributed by atoms with E-state index in [1.807, 2.05) is 30.3 Å². The number of halogens is 1. The molecule has 0 radical (unpaired) electrons. The van der Waals surface area contributed by atoms with Gasteiger partial charge in [0, 0.05) is 16.7 Å². The molecule has 3 rings (SSSR count). The Bertz CT molecular complexity index is 1120. The fourth-order valence-electron chi connectivity index (χ4n) is 2.70. The lowest BCUT2D eigenvalue weighted by molar-refractivity contribution is -0.383. The molecule has 0 atom stereocenters. The van der Waals surface area contributed by atoms with Crippen molar-refractivity contribution in [2.45, 2.75) is 6.92 Å². The SMILES string of the molecule is Cc1nc(-c2ccccc2)ccc1C(=O)OCC(=O)Nc1ccc(Cl)cc1[N+](=O)[O-]. The van der Waals surface area contributed by atoms with Crippen molar-refractivity contribution >= 4 is 34.9 Å². The molecule has 0 spiro atoms. The van der Waals surface area contributed by atoms with Crippen LogP contribution in [0.1, 0.15) is 16.1 Å². The molecule has 0 aliphatic rings. The highest BCUT2D eigenvalue weighted by Gasteiger charge is 2.18. The number of benzene rings is 2. The van der Waals surface area contributed by atoms with Gasteiger partial charge >= 0.3 is 5.97 Å². The van der Waals surface area contributed by atoms with Gasteiger partial charge in [-0.2, -0.15) is 0 Å². The summed E-state index contributed by atoms with van der Waals surface area (Å²) in [6.07, 6.45) is 0. The van der Waals surface area contributed by atoms with Gasteiger partial charge in [-0.3, -0.25) is 19.9 Å². The fraction of sp³-hybridized carbons (Fsp3) is 0.0952. The lowest BCUT2D eigenvalue weighted by Gasteiger charge is -2.09.